The maximum Gasteiger partial charge on any atom is 0.310 e. The van der Waals surface area contributed by atoms with Gasteiger partial charge in [-0.25, -0.2) is 31.2 Å². The number of hydrogen-bond donors (Lipinski definition) is 0. The summed E-state index contributed by atoms with van der Waals surface area (Å²) in [7, 11) is -7.72. The molecule has 4 heterocycles. The third-order valence-electron chi connectivity index (χ3n) is 9.95. The number of anilines is 2. The molecule has 7 rings (SSSR count). The molecule has 2 atom stereocenters. The molecule has 5 aromatic rings. The fourth-order valence-corrected chi connectivity index (χ4v) is 10.4. The van der Waals surface area contributed by atoms with Gasteiger partial charge in [-0.1, -0.05) is 55.8 Å². The van der Waals surface area contributed by atoms with Crippen molar-refractivity contribution in [2.45, 2.75) is 102 Å². The van der Waals surface area contributed by atoms with Crippen molar-refractivity contribution in [3.63, 3.8) is 0 Å². The summed E-state index contributed by atoms with van der Waals surface area (Å²) in [6.45, 7) is 13.1. The number of hydrogen-bond acceptors (Lipinski definition) is 11. The highest BCUT2D eigenvalue weighted by atomic mass is 35.5. The van der Waals surface area contributed by atoms with Gasteiger partial charge in [0.25, 0.3) is 20.0 Å². The molecule has 0 bridgehead atoms. The second-order valence-corrected chi connectivity index (χ2v) is 20.4. The Balaban J connectivity index is 0.000000211. The van der Waals surface area contributed by atoms with Gasteiger partial charge in [0.05, 0.1) is 39.9 Å². The summed E-state index contributed by atoms with van der Waals surface area (Å²) in [5, 5.41) is 0.0167. The van der Waals surface area contributed by atoms with Gasteiger partial charge in [-0.2, -0.15) is 0 Å². The number of rotatable bonds is 11. The lowest BCUT2D eigenvalue weighted by atomic mass is 10.0. The van der Waals surface area contributed by atoms with E-state index in [1.165, 1.54) is 33.1 Å². The molecule has 13 nitrogen and oxygen atoms in total. The lowest BCUT2D eigenvalue weighted by molar-refractivity contribution is -0.153. The number of aryl methyl sites for hydroxylation is 2. The number of pyridine rings is 2. The van der Waals surface area contributed by atoms with Gasteiger partial charge in [0.15, 0.2) is 5.78 Å². The molecule has 0 amide bonds. The summed E-state index contributed by atoms with van der Waals surface area (Å²) in [5.41, 5.74) is 2.57. The third kappa shape index (κ3) is 11.0. The number of esters is 1. The van der Waals surface area contributed by atoms with Crippen LogP contribution in [0, 0.1) is 5.82 Å². The highest BCUT2D eigenvalue weighted by Gasteiger charge is 2.36. The SMILES string of the molecule is CCc1cccc(S(=O)(=O)N2C[C@H](C)Oc3ncc(CC(=O)OC(C)(C)C)cc32)c1.CCc1cccc(S(=O)(=O)N2C[C@H](C)Oc3ncc(CC(=O)c4c(F)cccc4Cl)cc32)c1. The number of Topliss-reactive ketones (excluding diaryl/α,β-unsaturated/α-hetero) is 1. The Kier molecular flexibility index (Phi) is 14.2. The van der Waals surface area contributed by atoms with Crippen LogP contribution in [0.3, 0.4) is 0 Å². The monoisotopic (exact) mass is 920 g/mol. The van der Waals surface area contributed by atoms with E-state index in [4.69, 9.17) is 25.8 Å². The molecule has 0 fully saturated rings. The highest BCUT2D eigenvalue weighted by Crippen LogP contribution is 2.38. The number of ether oxygens (including phenoxy) is 3. The first-order valence-electron chi connectivity index (χ1n) is 20.4. The third-order valence-corrected chi connectivity index (χ3v) is 13.8. The summed E-state index contributed by atoms with van der Waals surface area (Å²) in [4.78, 5) is 33.8. The van der Waals surface area contributed by atoms with Crippen molar-refractivity contribution in [1.82, 2.24) is 9.97 Å². The molecule has 17 heteroatoms. The van der Waals surface area contributed by atoms with Crippen molar-refractivity contribution in [2.75, 3.05) is 21.7 Å². The van der Waals surface area contributed by atoms with Crippen LogP contribution in [0.4, 0.5) is 15.8 Å². The smallest absolute Gasteiger partial charge is 0.310 e. The Morgan fingerprint density at radius 1 is 0.730 bits per heavy atom. The van der Waals surface area contributed by atoms with E-state index in [1.807, 2.05) is 26.0 Å². The van der Waals surface area contributed by atoms with E-state index in [0.717, 1.165) is 23.6 Å². The average molecular weight is 922 g/mol. The molecule has 0 radical (unpaired) electrons. The van der Waals surface area contributed by atoms with Gasteiger partial charge in [-0.05, 0) is 118 Å². The lowest BCUT2D eigenvalue weighted by Gasteiger charge is -2.33. The molecule has 0 N–H and O–H groups in total. The molecule has 63 heavy (non-hydrogen) atoms. The first-order chi connectivity index (χ1) is 29.7. The maximum absolute atomic E-state index is 14.2. The van der Waals surface area contributed by atoms with Crippen LogP contribution in [-0.2, 0) is 55.3 Å². The van der Waals surface area contributed by atoms with Crippen LogP contribution in [0.2, 0.25) is 5.02 Å². The Labute approximate surface area is 373 Å². The minimum absolute atomic E-state index is 0.00763. The number of fused-ring (bicyclic) bond motifs is 2. The van der Waals surface area contributed by atoms with E-state index in [1.54, 1.807) is 83.1 Å². The molecule has 334 valence electrons. The van der Waals surface area contributed by atoms with Crippen LogP contribution in [0.5, 0.6) is 11.8 Å². The number of carbonyl (C=O) groups is 2. The molecule has 3 aromatic carbocycles. The van der Waals surface area contributed by atoms with Gasteiger partial charge in [0, 0.05) is 18.8 Å². The largest absolute Gasteiger partial charge is 0.471 e. The fourth-order valence-electron chi connectivity index (χ4n) is 6.96. The predicted octanol–water partition coefficient (Wildman–Crippen LogP) is 8.34. The lowest BCUT2D eigenvalue weighted by Crippen LogP contribution is -2.42. The minimum Gasteiger partial charge on any atom is -0.471 e. The molecule has 0 saturated carbocycles. The van der Waals surface area contributed by atoms with Crippen LogP contribution in [0.15, 0.2) is 101 Å². The molecule has 0 saturated heterocycles. The van der Waals surface area contributed by atoms with E-state index in [0.29, 0.717) is 23.2 Å². The molecule has 0 aliphatic carbocycles. The topological polar surface area (TPSA) is 162 Å². The number of benzene rings is 3. The summed E-state index contributed by atoms with van der Waals surface area (Å²) in [6, 6.07) is 20.9. The predicted molar refractivity (Wildman–Crippen MR) is 238 cm³/mol. The van der Waals surface area contributed by atoms with E-state index >= 15 is 0 Å². The van der Waals surface area contributed by atoms with Gasteiger partial charge in [0.1, 0.15) is 35.0 Å². The maximum atomic E-state index is 14.2. The number of aromatic nitrogens is 2. The minimum atomic E-state index is -3.90. The first-order valence-corrected chi connectivity index (χ1v) is 23.7. The van der Waals surface area contributed by atoms with Gasteiger partial charge >= 0.3 is 5.97 Å². The molecular weight excluding hydrogens is 871 g/mol. The van der Waals surface area contributed by atoms with Crippen molar-refractivity contribution in [3.8, 4) is 11.8 Å². The molecule has 0 unspecified atom stereocenters. The van der Waals surface area contributed by atoms with Crippen LogP contribution in [-0.4, -0.2) is 69.5 Å². The second-order valence-electron chi connectivity index (χ2n) is 16.2. The molecule has 2 aromatic heterocycles. The van der Waals surface area contributed by atoms with Crippen molar-refractivity contribution in [2.24, 2.45) is 0 Å². The van der Waals surface area contributed by atoms with E-state index < -0.39 is 49.3 Å². The summed E-state index contributed by atoms with van der Waals surface area (Å²) < 4.78 is 87.5. The number of ketones is 1. The van der Waals surface area contributed by atoms with Crippen LogP contribution in [0.1, 0.15) is 81.1 Å². The number of halogens is 2. The van der Waals surface area contributed by atoms with Crippen molar-refractivity contribution in [3.05, 3.63) is 130 Å². The zero-order chi connectivity index (χ0) is 45.9. The standard InChI is InChI=1S/C24H22ClFN2O4S.C22H28N2O5S/c1-3-16-6-4-7-18(10-16)33(30,31)28-14-15(2)32-24-21(28)11-17(13-27-24)12-22(29)23-19(25)8-5-9-20(23)26;1-6-16-8-7-9-18(10-16)30(26,27)24-14-15(2)28-21-19(24)11-17(13-23-21)12-20(25)29-22(3,4)5/h4-11,13,15H,3,12,14H2,1-2H3;7-11,13,15H,6,12,14H2,1-5H3/t2*15-/m00/s1. The number of carbonyl (C=O) groups excluding carboxylic acids is 2. The van der Waals surface area contributed by atoms with Crippen molar-refractivity contribution < 1.29 is 45.0 Å². The Morgan fingerprint density at radius 2 is 1.19 bits per heavy atom. The second kappa shape index (κ2) is 19.0. The van der Waals surface area contributed by atoms with E-state index in [-0.39, 0.29) is 69.9 Å². The van der Waals surface area contributed by atoms with Gasteiger partial charge in [-0.15, -0.1) is 0 Å². The molecule has 0 spiro atoms. The first kappa shape index (κ1) is 46.9. The Hall–Kier alpha value is -5.58. The fraction of sp³-hybridized carbons (Fsp3) is 0.348. The Bertz CT molecular complexity index is 2730. The quantitative estimate of drug-likeness (QED) is 0.0925. The Morgan fingerprint density at radius 3 is 1.63 bits per heavy atom. The molecular formula is C46H50ClFN4O9S2. The van der Waals surface area contributed by atoms with Gasteiger partial charge in [0.2, 0.25) is 11.8 Å². The summed E-state index contributed by atoms with van der Waals surface area (Å²) in [5.74, 6) is -1.26. The van der Waals surface area contributed by atoms with Crippen molar-refractivity contribution in [1.29, 1.82) is 0 Å². The van der Waals surface area contributed by atoms with Gasteiger partial charge in [-0.3, -0.25) is 18.2 Å². The van der Waals surface area contributed by atoms with Crippen LogP contribution in [0.25, 0.3) is 0 Å². The van der Waals surface area contributed by atoms with Crippen LogP contribution < -0.4 is 18.1 Å². The number of sulfonamides is 2. The average Bonchev–Trinajstić information content (AvgIpc) is 3.22. The van der Waals surface area contributed by atoms with E-state index in [2.05, 4.69) is 9.97 Å². The van der Waals surface area contributed by atoms with Crippen molar-refractivity contribution >= 4 is 54.8 Å². The molecule has 2 aliphatic rings. The van der Waals surface area contributed by atoms with E-state index in [9.17, 15) is 30.8 Å². The molecule has 2 aliphatic heterocycles. The summed E-state index contributed by atoms with van der Waals surface area (Å²) in [6.07, 6.45) is 3.40. The number of nitrogens with zero attached hydrogens (tertiary/aromatic N) is 4. The zero-order valence-electron chi connectivity index (χ0n) is 36.1. The van der Waals surface area contributed by atoms with Crippen LogP contribution >= 0.6 is 11.6 Å². The normalized spacial score (nSPS) is 16.1. The zero-order valence-corrected chi connectivity index (χ0v) is 38.5. The van der Waals surface area contributed by atoms with Gasteiger partial charge < -0.3 is 14.2 Å². The highest BCUT2D eigenvalue weighted by molar-refractivity contribution is 7.93. The summed E-state index contributed by atoms with van der Waals surface area (Å²) >= 11 is 6.01.